The molecular formula is C22H39NO2. The number of unbranched alkanes of at least 4 members (excludes halogenated alkanes) is 11. The van der Waals surface area contributed by atoms with Gasteiger partial charge in [0.1, 0.15) is 6.61 Å². The molecule has 1 unspecified atom stereocenters. The Labute approximate surface area is 155 Å². The molecule has 144 valence electrons. The van der Waals surface area contributed by atoms with Crippen molar-refractivity contribution in [1.82, 2.24) is 0 Å². The fourth-order valence-corrected chi connectivity index (χ4v) is 3.09. The molecule has 0 bridgehead atoms. The lowest BCUT2D eigenvalue weighted by molar-refractivity contribution is -0.114. The Bertz CT molecular complexity index is 401. The van der Waals surface area contributed by atoms with Gasteiger partial charge < -0.3 is 4.74 Å². The van der Waals surface area contributed by atoms with Gasteiger partial charge in [-0.2, -0.15) is 0 Å². The number of hydrogen-bond donors (Lipinski definition) is 0. The minimum atomic E-state index is 0.0852. The van der Waals surface area contributed by atoms with Gasteiger partial charge in [0.2, 0.25) is 5.78 Å². The molecule has 0 saturated carbocycles. The Morgan fingerprint density at radius 3 is 2.08 bits per heavy atom. The number of carbonyl (C=O) groups excluding carboxylic acids is 1. The molecular weight excluding hydrogens is 310 g/mol. The molecule has 0 aromatic carbocycles. The highest BCUT2D eigenvalue weighted by Gasteiger charge is 2.20. The standard InChI is InChI=1S/C22H39NO2/c1-3-4-5-6-7-8-9-10-11-12-13-14-15-16-17-18-21(24)22-23-20(2)19-25-22/h10-11,20H,3-9,12-19H2,1-2H3. The van der Waals surface area contributed by atoms with E-state index in [0.29, 0.717) is 18.9 Å². The predicted molar refractivity (Wildman–Crippen MR) is 107 cm³/mol. The average Bonchev–Trinajstić information content (AvgIpc) is 3.04. The lowest BCUT2D eigenvalue weighted by Crippen LogP contribution is -2.13. The Balaban J connectivity index is 1.82. The number of nitrogens with zero attached hydrogens (tertiary/aromatic N) is 1. The molecule has 0 aliphatic carbocycles. The van der Waals surface area contributed by atoms with Crippen LogP contribution in [0.1, 0.15) is 104 Å². The molecule has 0 saturated heterocycles. The first-order chi connectivity index (χ1) is 12.2. The predicted octanol–water partition coefficient (Wildman–Crippen LogP) is 6.41. The van der Waals surface area contributed by atoms with Crippen LogP contribution in [0.4, 0.5) is 0 Å². The topological polar surface area (TPSA) is 38.7 Å². The van der Waals surface area contributed by atoms with Crippen LogP contribution in [-0.2, 0) is 9.53 Å². The van der Waals surface area contributed by atoms with Crippen molar-refractivity contribution in [1.29, 1.82) is 0 Å². The molecule has 0 spiro atoms. The van der Waals surface area contributed by atoms with E-state index < -0.39 is 0 Å². The molecule has 0 N–H and O–H groups in total. The fraction of sp³-hybridized carbons (Fsp3) is 0.818. The fourth-order valence-electron chi connectivity index (χ4n) is 3.09. The van der Waals surface area contributed by atoms with Crippen molar-refractivity contribution in [2.75, 3.05) is 6.61 Å². The molecule has 3 nitrogen and oxygen atoms in total. The number of ketones is 1. The minimum Gasteiger partial charge on any atom is -0.473 e. The lowest BCUT2D eigenvalue weighted by Gasteiger charge is -2.01. The summed E-state index contributed by atoms with van der Waals surface area (Å²) in [6.07, 6.45) is 21.9. The quantitative estimate of drug-likeness (QED) is 0.238. The molecule has 1 rings (SSSR count). The van der Waals surface area contributed by atoms with Gasteiger partial charge in [-0.05, 0) is 39.0 Å². The number of hydrogen-bond acceptors (Lipinski definition) is 3. The summed E-state index contributed by atoms with van der Waals surface area (Å²) in [5, 5.41) is 0. The van der Waals surface area contributed by atoms with Gasteiger partial charge in [0, 0.05) is 6.42 Å². The van der Waals surface area contributed by atoms with Crippen LogP contribution in [0.2, 0.25) is 0 Å². The maximum absolute atomic E-state index is 11.9. The summed E-state index contributed by atoms with van der Waals surface area (Å²) in [6, 6.07) is 0.146. The van der Waals surface area contributed by atoms with E-state index in [1.165, 1.54) is 70.6 Å². The maximum Gasteiger partial charge on any atom is 0.253 e. The van der Waals surface area contributed by atoms with Crippen molar-refractivity contribution in [3.05, 3.63) is 12.2 Å². The monoisotopic (exact) mass is 349 g/mol. The second-order valence-electron chi connectivity index (χ2n) is 7.35. The maximum atomic E-state index is 11.9. The molecule has 0 aromatic rings. The lowest BCUT2D eigenvalue weighted by atomic mass is 10.1. The van der Waals surface area contributed by atoms with E-state index in [1.54, 1.807) is 0 Å². The molecule has 0 radical (unpaired) electrons. The van der Waals surface area contributed by atoms with Crippen molar-refractivity contribution < 1.29 is 9.53 Å². The molecule has 1 aliphatic rings. The SMILES string of the molecule is CCCCCCCCC=CCCCCCCCC(=O)C1=NC(C)CO1. The summed E-state index contributed by atoms with van der Waals surface area (Å²) >= 11 is 0. The van der Waals surface area contributed by atoms with Crippen LogP contribution >= 0.6 is 0 Å². The van der Waals surface area contributed by atoms with Gasteiger partial charge in [-0.15, -0.1) is 0 Å². The highest BCUT2D eigenvalue weighted by atomic mass is 16.5. The Morgan fingerprint density at radius 2 is 1.52 bits per heavy atom. The van der Waals surface area contributed by atoms with E-state index in [-0.39, 0.29) is 11.8 Å². The summed E-state index contributed by atoms with van der Waals surface area (Å²) in [6.45, 7) is 4.80. The van der Waals surface area contributed by atoms with Gasteiger partial charge in [0.15, 0.2) is 0 Å². The minimum absolute atomic E-state index is 0.0852. The molecule has 1 aliphatic heterocycles. The van der Waals surface area contributed by atoms with E-state index in [0.717, 1.165) is 12.8 Å². The van der Waals surface area contributed by atoms with Crippen molar-refractivity contribution in [2.24, 2.45) is 4.99 Å². The third-order valence-electron chi connectivity index (χ3n) is 4.70. The van der Waals surface area contributed by atoms with Crippen LogP contribution in [0.3, 0.4) is 0 Å². The number of Topliss-reactive ketones (excluding diaryl/α,β-unsaturated/α-hetero) is 1. The van der Waals surface area contributed by atoms with Crippen LogP contribution < -0.4 is 0 Å². The molecule has 0 fully saturated rings. The van der Waals surface area contributed by atoms with Gasteiger partial charge in [0.25, 0.3) is 5.90 Å². The summed E-state index contributed by atoms with van der Waals surface area (Å²) in [5.41, 5.74) is 0. The number of ether oxygens (including phenoxy) is 1. The Kier molecular flexibility index (Phi) is 13.3. The van der Waals surface area contributed by atoms with Crippen LogP contribution in [0.25, 0.3) is 0 Å². The molecule has 0 aromatic heterocycles. The largest absolute Gasteiger partial charge is 0.473 e. The highest BCUT2D eigenvalue weighted by molar-refractivity contribution is 6.36. The van der Waals surface area contributed by atoms with E-state index in [9.17, 15) is 4.79 Å². The molecule has 3 heteroatoms. The van der Waals surface area contributed by atoms with Crippen LogP contribution in [0, 0.1) is 0 Å². The van der Waals surface area contributed by atoms with Crippen LogP contribution in [0.5, 0.6) is 0 Å². The molecule has 0 amide bonds. The van der Waals surface area contributed by atoms with E-state index in [1.807, 2.05) is 6.92 Å². The first-order valence-electron chi connectivity index (χ1n) is 10.6. The highest BCUT2D eigenvalue weighted by Crippen LogP contribution is 2.11. The van der Waals surface area contributed by atoms with Gasteiger partial charge in [-0.1, -0.05) is 70.4 Å². The van der Waals surface area contributed by atoms with Gasteiger partial charge in [0.05, 0.1) is 6.04 Å². The molecule has 25 heavy (non-hydrogen) atoms. The van der Waals surface area contributed by atoms with Crippen LogP contribution in [-0.4, -0.2) is 24.3 Å². The first kappa shape index (κ1) is 21.9. The first-order valence-corrected chi connectivity index (χ1v) is 10.6. The number of carbonyl (C=O) groups is 1. The van der Waals surface area contributed by atoms with Gasteiger partial charge in [-0.3, -0.25) is 4.79 Å². The van der Waals surface area contributed by atoms with Crippen LogP contribution in [0.15, 0.2) is 17.1 Å². The number of rotatable bonds is 16. The summed E-state index contributed by atoms with van der Waals surface area (Å²) in [4.78, 5) is 16.1. The average molecular weight is 350 g/mol. The summed E-state index contributed by atoms with van der Waals surface area (Å²) in [7, 11) is 0. The third-order valence-corrected chi connectivity index (χ3v) is 4.70. The number of aliphatic imine (C=N–C) groups is 1. The summed E-state index contributed by atoms with van der Waals surface area (Å²) in [5.74, 6) is 0.449. The number of allylic oxidation sites excluding steroid dienone is 2. The second-order valence-corrected chi connectivity index (χ2v) is 7.35. The molecule has 1 atom stereocenters. The van der Waals surface area contributed by atoms with E-state index in [2.05, 4.69) is 24.1 Å². The Morgan fingerprint density at radius 1 is 0.960 bits per heavy atom. The summed E-state index contributed by atoms with van der Waals surface area (Å²) < 4.78 is 5.29. The van der Waals surface area contributed by atoms with E-state index >= 15 is 0 Å². The van der Waals surface area contributed by atoms with E-state index in [4.69, 9.17) is 4.74 Å². The van der Waals surface area contributed by atoms with Gasteiger partial charge in [-0.25, -0.2) is 4.99 Å². The zero-order valence-corrected chi connectivity index (χ0v) is 16.6. The zero-order valence-electron chi connectivity index (χ0n) is 16.6. The van der Waals surface area contributed by atoms with Crippen molar-refractivity contribution in [2.45, 2.75) is 110 Å². The van der Waals surface area contributed by atoms with Gasteiger partial charge >= 0.3 is 0 Å². The molecule has 1 heterocycles. The van der Waals surface area contributed by atoms with Crippen molar-refractivity contribution in [3.8, 4) is 0 Å². The Hall–Kier alpha value is -1.12. The zero-order chi connectivity index (χ0) is 18.2. The smallest absolute Gasteiger partial charge is 0.253 e. The van der Waals surface area contributed by atoms with Crippen molar-refractivity contribution >= 4 is 11.7 Å². The van der Waals surface area contributed by atoms with Crippen molar-refractivity contribution in [3.63, 3.8) is 0 Å². The third kappa shape index (κ3) is 12.0. The normalized spacial score (nSPS) is 17.0. The second kappa shape index (κ2) is 15.2.